The lowest BCUT2D eigenvalue weighted by Gasteiger charge is -2.28. The molecule has 1 aliphatic rings. The van der Waals surface area contributed by atoms with Gasteiger partial charge in [0.25, 0.3) is 0 Å². The fourth-order valence-electron chi connectivity index (χ4n) is 3.06. The van der Waals surface area contributed by atoms with Crippen molar-refractivity contribution in [1.29, 1.82) is 0 Å². The number of carbonyl (C=O) groups excluding carboxylic acids is 1. The highest BCUT2D eigenvalue weighted by molar-refractivity contribution is 5.82. The van der Waals surface area contributed by atoms with Gasteiger partial charge in [-0.25, -0.2) is 0 Å². The van der Waals surface area contributed by atoms with Gasteiger partial charge in [-0.2, -0.15) is 0 Å². The molecule has 0 bridgehead atoms. The van der Waals surface area contributed by atoms with E-state index >= 15 is 0 Å². The first kappa shape index (κ1) is 15.0. The van der Waals surface area contributed by atoms with E-state index in [1.165, 1.54) is 5.56 Å². The smallest absolute Gasteiger partial charge is 0.237 e. The summed E-state index contributed by atoms with van der Waals surface area (Å²) in [5.74, 6) is 0.644. The van der Waals surface area contributed by atoms with E-state index in [0.29, 0.717) is 5.92 Å². The molecule has 1 heterocycles. The molecule has 2 N–H and O–H groups in total. The van der Waals surface area contributed by atoms with Crippen LogP contribution in [0.1, 0.15) is 51.1 Å². The Balaban J connectivity index is 2.12. The molecule has 1 saturated heterocycles. The number of amides is 1. The van der Waals surface area contributed by atoms with E-state index < -0.39 is 0 Å². The van der Waals surface area contributed by atoms with Crippen molar-refractivity contribution in [3.05, 3.63) is 35.9 Å². The Kier molecular flexibility index (Phi) is 5.60. The fraction of sp³-hybridized carbons (Fsp3) is 0.588. The van der Waals surface area contributed by atoms with E-state index in [1.807, 2.05) is 18.2 Å². The average Bonchev–Trinajstić information content (AvgIpc) is 3.02. The van der Waals surface area contributed by atoms with Crippen LogP contribution in [0.25, 0.3) is 0 Å². The lowest BCUT2D eigenvalue weighted by atomic mass is 9.88. The minimum atomic E-state index is -0.00410. The van der Waals surface area contributed by atoms with E-state index in [4.69, 9.17) is 0 Å². The number of hydrogen-bond acceptors (Lipinski definition) is 2. The molecule has 3 nitrogen and oxygen atoms in total. The van der Waals surface area contributed by atoms with Crippen molar-refractivity contribution in [2.75, 3.05) is 6.54 Å². The van der Waals surface area contributed by atoms with Gasteiger partial charge >= 0.3 is 0 Å². The summed E-state index contributed by atoms with van der Waals surface area (Å²) in [6.45, 7) is 5.35. The molecule has 20 heavy (non-hydrogen) atoms. The van der Waals surface area contributed by atoms with Crippen molar-refractivity contribution in [1.82, 2.24) is 10.6 Å². The third kappa shape index (κ3) is 3.60. The largest absolute Gasteiger partial charge is 0.348 e. The van der Waals surface area contributed by atoms with Crippen LogP contribution in [0.15, 0.2) is 30.3 Å². The number of carbonyl (C=O) groups is 1. The van der Waals surface area contributed by atoms with Crippen LogP contribution in [0.5, 0.6) is 0 Å². The van der Waals surface area contributed by atoms with Crippen LogP contribution in [0.2, 0.25) is 0 Å². The summed E-state index contributed by atoms with van der Waals surface area (Å²) >= 11 is 0. The minimum absolute atomic E-state index is 0.00410. The van der Waals surface area contributed by atoms with Crippen LogP contribution >= 0.6 is 0 Å². The molecule has 1 aliphatic heterocycles. The summed E-state index contributed by atoms with van der Waals surface area (Å²) < 4.78 is 0. The molecule has 1 aromatic rings. The Morgan fingerprint density at radius 1 is 1.30 bits per heavy atom. The lowest BCUT2D eigenvalue weighted by molar-refractivity contribution is -0.124. The summed E-state index contributed by atoms with van der Waals surface area (Å²) in [5, 5.41) is 6.55. The Labute approximate surface area is 122 Å². The number of hydrogen-bond donors (Lipinski definition) is 2. The predicted octanol–water partition coefficient (Wildman–Crippen LogP) is 3.03. The molecule has 0 saturated carbocycles. The molecule has 0 aliphatic carbocycles. The Bertz CT molecular complexity index is 408. The second-order valence-corrected chi connectivity index (χ2v) is 5.62. The Hall–Kier alpha value is -1.35. The maximum atomic E-state index is 12.4. The molecule has 1 unspecified atom stereocenters. The summed E-state index contributed by atoms with van der Waals surface area (Å²) in [7, 11) is 0. The first-order valence-electron chi connectivity index (χ1n) is 7.85. The number of benzene rings is 1. The van der Waals surface area contributed by atoms with Crippen LogP contribution in [0.3, 0.4) is 0 Å². The normalized spacial score (nSPS) is 20.1. The third-order valence-electron chi connectivity index (χ3n) is 4.35. The van der Waals surface area contributed by atoms with Gasteiger partial charge in [0.15, 0.2) is 0 Å². The molecule has 0 spiro atoms. The summed E-state index contributed by atoms with van der Waals surface area (Å²) in [6, 6.07) is 10.5. The zero-order valence-corrected chi connectivity index (χ0v) is 12.6. The predicted molar refractivity (Wildman–Crippen MR) is 82.4 cm³/mol. The summed E-state index contributed by atoms with van der Waals surface area (Å²) in [4.78, 5) is 12.4. The summed E-state index contributed by atoms with van der Waals surface area (Å²) in [6.07, 6.45) is 4.21. The molecule has 2 atom stereocenters. The van der Waals surface area contributed by atoms with Crippen LogP contribution in [-0.2, 0) is 4.79 Å². The third-order valence-corrected chi connectivity index (χ3v) is 4.35. The van der Waals surface area contributed by atoms with Crippen molar-refractivity contribution in [3.8, 4) is 0 Å². The first-order chi connectivity index (χ1) is 9.76. The maximum Gasteiger partial charge on any atom is 0.237 e. The lowest BCUT2D eigenvalue weighted by Crippen LogP contribution is -2.43. The maximum absolute atomic E-state index is 12.4. The topological polar surface area (TPSA) is 41.1 Å². The van der Waals surface area contributed by atoms with Crippen molar-refractivity contribution >= 4 is 5.91 Å². The van der Waals surface area contributed by atoms with E-state index in [-0.39, 0.29) is 18.0 Å². The van der Waals surface area contributed by atoms with E-state index in [9.17, 15) is 4.79 Å². The zero-order valence-electron chi connectivity index (χ0n) is 12.6. The van der Waals surface area contributed by atoms with Crippen LogP contribution in [-0.4, -0.2) is 18.5 Å². The van der Waals surface area contributed by atoms with Crippen LogP contribution in [0, 0.1) is 5.92 Å². The standard InChI is InChI=1S/C17H26N2O/c1-3-13(4-2)16(14-9-6-5-7-10-14)19-17(20)15-11-8-12-18-15/h5-7,9-10,13,15-16,18H,3-4,8,11-12H2,1-2H3,(H,19,20)/t15-,16?/m0/s1. The highest BCUT2D eigenvalue weighted by Gasteiger charge is 2.27. The molecule has 3 heteroatoms. The van der Waals surface area contributed by atoms with Gasteiger partial charge in [-0.05, 0) is 30.9 Å². The second-order valence-electron chi connectivity index (χ2n) is 5.62. The van der Waals surface area contributed by atoms with Crippen molar-refractivity contribution < 1.29 is 4.79 Å². The highest BCUT2D eigenvalue weighted by Crippen LogP contribution is 2.27. The first-order valence-corrected chi connectivity index (χ1v) is 7.85. The molecule has 0 aromatic heterocycles. The molecular formula is C17H26N2O. The zero-order chi connectivity index (χ0) is 14.4. The highest BCUT2D eigenvalue weighted by atomic mass is 16.2. The van der Waals surface area contributed by atoms with Gasteiger partial charge in [-0.15, -0.1) is 0 Å². The SMILES string of the molecule is CCC(CC)C(NC(=O)[C@@H]1CCCN1)c1ccccc1. The molecular weight excluding hydrogens is 248 g/mol. The molecule has 2 rings (SSSR count). The van der Waals surface area contributed by atoms with E-state index in [0.717, 1.165) is 32.2 Å². The van der Waals surface area contributed by atoms with Gasteiger partial charge in [0.1, 0.15) is 0 Å². The number of rotatable bonds is 6. The number of nitrogens with one attached hydrogen (secondary N) is 2. The van der Waals surface area contributed by atoms with Gasteiger partial charge in [-0.3, -0.25) is 4.79 Å². The Morgan fingerprint density at radius 2 is 2.00 bits per heavy atom. The Morgan fingerprint density at radius 3 is 2.55 bits per heavy atom. The molecule has 1 aromatic carbocycles. The average molecular weight is 274 g/mol. The summed E-state index contributed by atoms with van der Waals surface area (Å²) in [5.41, 5.74) is 1.22. The van der Waals surface area contributed by atoms with Crippen LogP contribution < -0.4 is 10.6 Å². The van der Waals surface area contributed by atoms with Gasteiger partial charge < -0.3 is 10.6 Å². The van der Waals surface area contributed by atoms with E-state index in [1.54, 1.807) is 0 Å². The monoisotopic (exact) mass is 274 g/mol. The van der Waals surface area contributed by atoms with Gasteiger partial charge in [-0.1, -0.05) is 57.0 Å². The van der Waals surface area contributed by atoms with E-state index in [2.05, 4.69) is 36.6 Å². The van der Waals surface area contributed by atoms with Crippen molar-refractivity contribution in [2.24, 2.45) is 5.92 Å². The molecule has 0 radical (unpaired) electrons. The van der Waals surface area contributed by atoms with Crippen LogP contribution in [0.4, 0.5) is 0 Å². The quantitative estimate of drug-likeness (QED) is 0.837. The van der Waals surface area contributed by atoms with Crippen molar-refractivity contribution in [2.45, 2.75) is 51.6 Å². The van der Waals surface area contributed by atoms with Gasteiger partial charge in [0.2, 0.25) is 5.91 Å². The van der Waals surface area contributed by atoms with Crippen molar-refractivity contribution in [3.63, 3.8) is 0 Å². The molecule has 110 valence electrons. The van der Waals surface area contributed by atoms with Gasteiger partial charge in [0.05, 0.1) is 12.1 Å². The molecule has 1 fully saturated rings. The second kappa shape index (κ2) is 7.44. The van der Waals surface area contributed by atoms with Gasteiger partial charge in [0, 0.05) is 0 Å². The fourth-order valence-corrected chi connectivity index (χ4v) is 3.06. The minimum Gasteiger partial charge on any atom is -0.348 e. The molecule has 1 amide bonds.